The fourth-order valence-corrected chi connectivity index (χ4v) is 1.79. The average molecular weight is 297 g/mol. The standard InChI is InChI=1S/C14H14ClFN2O2/c15-12-8-10(3-4-13(12)16)17-6-5-14(19)18-9-11-2-1-7-20-11/h1-4,7-8,17H,5-6,9H2,(H,18,19). The summed E-state index contributed by atoms with van der Waals surface area (Å²) in [6.07, 6.45) is 1.86. The third-order valence-electron chi connectivity index (χ3n) is 2.64. The van der Waals surface area contributed by atoms with Gasteiger partial charge in [0.2, 0.25) is 5.91 Å². The van der Waals surface area contributed by atoms with Gasteiger partial charge in [-0.15, -0.1) is 0 Å². The van der Waals surface area contributed by atoms with Crippen LogP contribution in [0.5, 0.6) is 0 Å². The van der Waals surface area contributed by atoms with Crippen LogP contribution in [-0.4, -0.2) is 12.5 Å². The Kier molecular flexibility index (Phi) is 5.01. The molecule has 0 bridgehead atoms. The quantitative estimate of drug-likeness (QED) is 0.861. The molecule has 20 heavy (non-hydrogen) atoms. The maximum atomic E-state index is 13.0. The van der Waals surface area contributed by atoms with Crippen molar-refractivity contribution in [3.8, 4) is 0 Å². The molecule has 0 saturated heterocycles. The van der Waals surface area contributed by atoms with Crippen molar-refractivity contribution in [2.75, 3.05) is 11.9 Å². The van der Waals surface area contributed by atoms with Gasteiger partial charge in [-0.2, -0.15) is 0 Å². The first kappa shape index (κ1) is 14.4. The summed E-state index contributed by atoms with van der Waals surface area (Å²) in [5.74, 6) is 0.146. The van der Waals surface area contributed by atoms with Crippen LogP contribution in [-0.2, 0) is 11.3 Å². The lowest BCUT2D eigenvalue weighted by molar-refractivity contribution is -0.121. The van der Waals surface area contributed by atoms with Crippen molar-refractivity contribution in [2.24, 2.45) is 0 Å². The molecular weight excluding hydrogens is 283 g/mol. The molecule has 0 aliphatic rings. The van der Waals surface area contributed by atoms with Crippen LogP contribution in [0.25, 0.3) is 0 Å². The molecule has 1 aromatic carbocycles. The molecular formula is C14H14ClFN2O2. The second-order valence-corrected chi connectivity index (χ2v) is 4.57. The van der Waals surface area contributed by atoms with Crippen molar-refractivity contribution in [1.29, 1.82) is 0 Å². The smallest absolute Gasteiger partial charge is 0.222 e. The van der Waals surface area contributed by atoms with Gasteiger partial charge in [0.05, 0.1) is 17.8 Å². The Hall–Kier alpha value is -2.01. The molecule has 0 aliphatic carbocycles. The second kappa shape index (κ2) is 6.96. The first-order valence-electron chi connectivity index (χ1n) is 6.13. The number of rotatable bonds is 6. The molecule has 2 rings (SSSR count). The van der Waals surface area contributed by atoms with E-state index < -0.39 is 5.82 Å². The number of nitrogens with one attached hydrogen (secondary N) is 2. The number of hydrogen-bond donors (Lipinski definition) is 2. The van der Waals surface area contributed by atoms with Crippen molar-refractivity contribution in [3.05, 3.63) is 53.2 Å². The Balaban J connectivity index is 1.69. The van der Waals surface area contributed by atoms with E-state index >= 15 is 0 Å². The zero-order chi connectivity index (χ0) is 14.4. The van der Waals surface area contributed by atoms with Crippen molar-refractivity contribution in [2.45, 2.75) is 13.0 Å². The monoisotopic (exact) mass is 296 g/mol. The molecule has 1 amide bonds. The Morgan fingerprint density at radius 3 is 2.90 bits per heavy atom. The summed E-state index contributed by atoms with van der Waals surface area (Å²) in [6.45, 7) is 0.806. The van der Waals surface area contributed by atoms with E-state index in [-0.39, 0.29) is 10.9 Å². The Morgan fingerprint density at radius 2 is 2.20 bits per heavy atom. The molecule has 0 fully saturated rings. The van der Waals surface area contributed by atoms with Crippen LogP contribution in [0.15, 0.2) is 41.0 Å². The summed E-state index contributed by atoms with van der Waals surface area (Å²) in [5.41, 5.74) is 0.676. The molecule has 0 atom stereocenters. The van der Waals surface area contributed by atoms with Gasteiger partial charge in [-0.1, -0.05) is 11.6 Å². The minimum absolute atomic E-state index is 0.0530. The van der Waals surface area contributed by atoms with E-state index in [2.05, 4.69) is 10.6 Å². The third kappa shape index (κ3) is 4.28. The van der Waals surface area contributed by atoms with E-state index in [9.17, 15) is 9.18 Å². The first-order chi connectivity index (χ1) is 9.65. The SMILES string of the molecule is O=C(CCNc1ccc(F)c(Cl)c1)NCc1ccco1. The summed E-state index contributed by atoms with van der Waals surface area (Å²) in [7, 11) is 0. The minimum Gasteiger partial charge on any atom is -0.467 e. The number of carbonyl (C=O) groups excluding carboxylic acids is 1. The predicted octanol–water partition coefficient (Wildman–Crippen LogP) is 3.19. The number of benzene rings is 1. The Morgan fingerprint density at radius 1 is 1.35 bits per heavy atom. The van der Waals surface area contributed by atoms with Crippen LogP contribution in [0.2, 0.25) is 5.02 Å². The molecule has 0 aliphatic heterocycles. The summed E-state index contributed by atoms with van der Waals surface area (Å²) in [4.78, 5) is 11.6. The maximum Gasteiger partial charge on any atom is 0.222 e. The van der Waals surface area contributed by atoms with Gasteiger partial charge in [-0.05, 0) is 30.3 Å². The molecule has 106 valence electrons. The first-order valence-corrected chi connectivity index (χ1v) is 6.51. The highest BCUT2D eigenvalue weighted by Crippen LogP contribution is 2.19. The van der Waals surface area contributed by atoms with Crippen LogP contribution in [0, 0.1) is 5.82 Å². The third-order valence-corrected chi connectivity index (χ3v) is 2.93. The number of anilines is 1. The van der Waals surface area contributed by atoms with Crippen molar-refractivity contribution >= 4 is 23.2 Å². The number of amides is 1. The summed E-state index contributed by atoms with van der Waals surface area (Å²) < 4.78 is 18.1. The molecule has 0 unspecified atom stereocenters. The van der Waals surface area contributed by atoms with E-state index in [0.29, 0.717) is 31.0 Å². The van der Waals surface area contributed by atoms with Gasteiger partial charge in [-0.25, -0.2) is 4.39 Å². The van der Waals surface area contributed by atoms with Crippen molar-refractivity contribution in [1.82, 2.24) is 5.32 Å². The highest BCUT2D eigenvalue weighted by atomic mass is 35.5. The lowest BCUT2D eigenvalue weighted by Crippen LogP contribution is -2.24. The summed E-state index contributed by atoms with van der Waals surface area (Å²) in [6, 6.07) is 7.89. The molecule has 4 nitrogen and oxygen atoms in total. The van der Waals surface area contributed by atoms with Crippen LogP contribution in [0.1, 0.15) is 12.2 Å². The van der Waals surface area contributed by atoms with Crippen LogP contribution in [0.3, 0.4) is 0 Å². The zero-order valence-electron chi connectivity index (χ0n) is 10.7. The largest absolute Gasteiger partial charge is 0.467 e. The molecule has 0 radical (unpaired) electrons. The fraction of sp³-hybridized carbons (Fsp3) is 0.214. The lowest BCUT2D eigenvalue weighted by atomic mass is 10.3. The van der Waals surface area contributed by atoms with Gasteiger partial charge in [-0.3, -0.25) is 4.79 Å². The van der Waals surface area contributed by atoms with Crippen LogP contribution >= 0.6 is 11.6 Å². The Labute approximate surface area is 120 Å². The van der Waals surface area contributed by atoms with Gasteiger partial charge in [0.1, 0.15) is 11.6 Å². The minimum atomic E-state index is -0.464. The molecule has 1 heterocycles. The van der Waals surface area contributed by atoms with Crippen LogP contribution in [0.4, 0.5) is 10.1 Å². The van der Waals surface area contributed by atoms with Crippen LogP contribution < -0.4 is 10.6 Å². The van der Waals surface area contributed by atoms with Gasteiger partial charge >= 0.3 is 0 Å². The second-order valence-electron chi connectivity index (χ2n) is 4.16. The number of carbonyl (C=O) groups is 1. The summed E-state index contributed by atoms with van der Waals surface area (Å²) >= 11 is 5.66. The van der Waals surface area contributed by atoms with Crippen molar-refractivity contribution in [3.63, 3.8) is 0 Å². The van der Waals surface area contributed by atoms with Gasteiger partial charge in [0.25, 0.3) is 0 Å². The number of furan rings is 1. The predicted molar refractivity (Wildman–Crippen MR) is 75.1 cm³/mol. The topological polar surface area (TPSA) is 54.3 Å². The molecule has 1 aromatic heterocycles. The van der Waals surface area contributed by atoms with Crippen molar-refractivity contribution < 1.29 is 13.6 Å². The zero-order valence-corrected chi connectivity index (χ0v) is 11.4. The lowest BCUT2D eigenvalue weighted by Gasteiger charge is -2.07. The average Bonchev–Trinajstić information content (AvgIpc) is 2.94. The normalized spacial score (nSPS) is 10.3. The molecule has 0 spiro atoms. The number of hydrogen-bond acceptors (Lipinski definition) is 3. The van der Waals surface area contributed by atoms with Gasteiger partial charge in [0, 0.05) is 18.7 Å². The molecule has 0 saturated carbocycles. The summed E-state index contributed by atoms with van der Waals surface area (Å²) in [5, 5.41) is 5.79. The molecule has 2 N–H and O–H groups in total. The highest BCUT2D eigenvalue weighted by Gasteiger charge is 2.04. The van der Waals surface area contributed by atoms with E-state index in [1.807, 2.05) is 0 Å². The maximum absolute atomic E-state index is 13.0. The molecule has 2 aromatic rings. The molecule has 6 heteroatoms. The number of halogens is 2. The van der Waals surface area contributed by atoms with Gasteiger partial charge < -0.3 is 15.1 Å². The highest BCUT2D eigenvalue weighted by molar-refractivity contribution is 6.31. The van der Waals surface area contributed by atoms with E-state index in [1.165, 1.54) is 12.1 Å². The van der Waals surface area contributed by atoms with E-state index in [1.54, 1.807) is 24.5 Å². The van der Waals surface area contributed by atoms with E-state index in [0.717, 1.165) is 0 Å². The fourth-order valence-electron chi connectivity index (χ4n) is 1.61. The Bertz CT molecular complexity index is 573. The van der Waals surface area contributed by atoms with E-state index in [4.69, 9.17) is 16.0 Å². The van der Waals surface area contributed by atoms with Gasteiger partial charge in [0.15, 0.2) is 0 Å².